The van der Waals surface area contributed by atoms with Gasteiger partial charge in [0.15, 0.2) is 0 Å². The second-order valence-electron chi connectivity index (χ2n) is 8.83. The van der Waals surface area contributed by atoms with Crippen LogP contribution in [0.1, 0.15) is 47.5 Å². The molecule has 0 aromatic heterocycles. The second kappa shape index (κ2) is 14.9. The Bertz CT molecular complexity index is 800. The Hall–Kier alpha value is -3.14. The van der Waals surface area contributed by atoms with Gasteiger partial charge in [0.2, 0.25) is 11.8 Å². The van der Waals surface area contributed by atoms with E-state index in [2.05, 4.69) is 21.3 Å². The third-order valence-electron chi connectivity index (χ3n) is 4.77. The molecule has 0 bridgehead atoms. The summed E-state index contributed by atoms with van der Waals surface area (Å²) in [5.74, 6) is -1.62. The molecular formula is C24H38N4O6. The standard InChI is InChI=1S/C24H38N4O6/c1-6-34-23(32)19(13-16(4)5)27-21(30)18(12-15(2)3)26-22(31)20(14-29)28-24(33)25-17-10-8-7-9-11-17/h7-11,15-16,18-20,29H,6,12-14H2,1-5H3,(H,26,31)(H,27,30)(H2,25,28,33)/t18-,19-,20-/m0/s1. The summed E-state index contributed by atoms with van der Waals surface area (Å²) in [7, 11) is 0. The van der Waals surface area contributed by atoms with E-state index >= 15 is 0 Å². The molecule has 0 radical (unpaired) electrons. The second-order valence-corrected chi connectivity index (χ2v) is 8.83. The van der Waals surface area contributed by atoms with E-state index in [1.807, 2.05) is 27.7 Å². The van der Waals surface area contributed by atoms with Crippen LogP contribution in [0.4, 0.5) is 10.5 Å². The Balaban J connectivity index is 2.86. The number of carbonyl (C=O) groups excluding carboxylic acids is 4. The summed E-state index contributed by atoms with van der Waals surface area (Å²) < 4.78 is 5.07. The predicted molar refractivity (Wildman–Crippen MR) is 129 cm³/mol. The molecule has 0 aliphatic rings. The van der Waals surface area contributed by atoms with Crippen molar-refractivity contribution in [1.29, 1.82) is 0 Å². The Morgan fingerprint density at radius 3 is 1.88 bits per heavy atom. The average Bonchev–Trinajstić information content (AvgIpc) is 2.76. The minimum absolute atomic E-state index is 0.0455. The van der Waals surface area contributed by atoms with Gasteiger partial charge >= 0.3 is 12.0 Å². The lowest BCUT2D eigenvalue weighted by Crippen LogP contribution is -2.57. The van der Waals surface area contributed by atoms with Crippen LogP contribution in [0.2, 0.25) is 0 Å². The number of ether oxygens (including phenoxy) is 1. The molecule has 0 heterocycles. The fraction of sp³-hybridized carbons (Fsp3) is 0.583. The van der Waals surface area contributed by atoms with E-state index in [0.717, 1.165) is 0 Å². The molecule has 10 nitrogen and oxygen atoms in total. The van der Waals surface area contributed by atoms with Crippen molar-refractivity contribution >= 4 is 29.5 Å². The number of carbonyl (C=O) groups is 4. The number of anilines is 1. The minimum Gasteiger partial charge on any atom is -0.464 e. The molecule has 3 atom stereocenters. The van der Waals surface area contributed by atoms with Crippen molar-refractivity contribution in [3.8, 4) is 0 Å². The molecule has 0 aliphatic heterocycles. The highest BCUT2D eigenvalue weighted by atomic mass is 16.5. The number of amides is 4. The summed E-state index contributed by atoms with van der Waals surface area (Å²) >= 11 is 0. The number of hydrogen-bond acceptors (Lipinski definition) is 6. The first-order valence-electron chi connectivity index (χ1n) is 11.6. The largest absolute Gasteiger partial charge is 0.464 e. The van der Waals surface area contributed by atoms with E-state index in [1.165, 1.54) is 0 Å². The summed E-state index contributed by atoms with van der Waals surface area (Å²) in [5, 5.41) is 19.9. The Morgan fingerprint density at radius 1 is 0.824 bits per heavy atom. The normalized spacial score (nSPS) is 13.5. The van der Waals surface area contributed by atoms with Crippen molar-refractivity contribution in [1.82, 2.24) is 16.0 Å². The SMILES string of the molecule is CCOC(=O)[C@H](CC(C)C)NC(=O)[C@H](CC(C)C)NC(=O)[C@H](CO)NC(=O)Nc1ccccc1. The minimum atomic E-state index is -1.28. The van der Waals surface area contributed by atoms with Crippen LogP contribution in [-0.4, -0.2) is 60.3 Å². The van der Waals surface area contributed by atoms with Crippen molar-refractivity contribution < 1.29 is 29.0 Å². The molecular weight excluding hydrogens is 440 g/mol. The van der Waals surface area contributed by atoms with Crippen LogP contribution in [-0.2, 0) is 19.1 Å². The van der Waals surface area contributed by atoms with E-state index < -0.39 is 48.5 Å². The van der Waals surface area contributed by atoms with Crippen molar-refractivity contribution in [2.24, 2.45) is 11.8 Å². The summed E-state index contributed by atoms with van der Waals surface area (Å²) in [6.07, 6.45) is 0.677. The van der Waals surface area contributed by atoms with Gasteiger partial charge in [0.05, 0.1) is 13.2 Å². The molecule has 0 fully saturated rings. The number of hydrogen-bond donors (Lipinski definition) is 5. The zero-order chi connectivity index (χ0) is 25.7. The van der Waals surface area contributed by atoms with E-state index in [9.17, 15) is 24.3 Å². The van der Waals surface area contributed by atoms with Gasteiger partial charge in [0.25, 0.3) is 0 Å². The highest BCUT2D eigenvalue weighted by molar-refractivity contribution is 5.96. The number of esters is 1. The monoisotopic (exact) mass is 478 g/mol. The van der Waals surface area contributed by atoms with Gasteiger partial charge in [-0.15, -0.1) is 0 Å². The molecule has 0 spiro atoms. The summed E-state index contributed by atoms with van der Waals surface area (Å²) in [5.41, 5.74) is 0.518. The van der Waals surface area contributed by atoms with Crippen LogP contribution in [0.25, 0.3) is 0 Å². The highest BCUT2D eigenvalue weighted by Crippen LogP contribution is 2.10. The van der Waals surface area contributed by atoms with Crippen LogP contribution < -0.4 is 21.3 Å². The molecule has 0 saturated carbocycles. The van der Waals surface area contributed by atoms with Gasteiger partial charge in [0, 0.05) is 5.69 Å². The van der Waals surface area contributed by atoms with Crippen LogP contribution >= 0.6 is 0 Å². The molecule has 4 amide bonds. The van der Waals surface area contributed by atoms with Crippen LogP contribution in [0.15, 0.2) is 30.3 Å². The van der Waals surface area contributed by atoms with Gasteiger partial charge in [-0.1, -0.05) is 45.9 Å². The smallest absolute Gasteiger partial charge is 0.328 e. The van der Waals surface area contributed by atoms with E-state index in [0.29, 0.717) is 18.5 Å². The number of aliphatic hydroxyl groups is 1. The molecule has 1 aromatic rings. The molecule has 10 heteroatoms. The lowest BCUT2D eigenvalue weighted by molar-refractivity contribution is -0.148. The predicted octanol–water partition coefficient (Wildman–Crippen LogP) is 1.79. The molecule has 0 aliphatic carbocycles. The summed E-state index contributed by atoms with van der Waals surface area (Å²) in [6.45, 7) is 8.82. The fourth-order valence-electron chi connectivity index (χ4n) is 3.22. The van der Waals surface area contributed by atoms with Crippen LogP contribution in [0, 0.1) is 11.8 Å². The number of nitrogens with one attached hydrogen (secondary N) is 4. The van der Waals surface area contributed by atoms with E-state index in [4.69, 9.17) is 4.74 Å². The lowest BCUT2D eigenvalue weighted by atomic mass is 10.00. The Labute approximate surface area is 201 Å². The van der Waals surface area contributed by atoms with Gasteiger partial charge in [-0.25, -0.2) is 9.59 Å². The maximum atomic E-state index is 13.0. The van der Waals surface area contributed by atoms with Gasteiger partial charge in [-0.3, -0.25) is 9.59 Å². The molecule has 190 valence electrons. The zero-order valence-corrected chi connectivity index (χ0v) is 20.6. The van der Waals surface area contributed by atoms with E-state index in [1.54, 1.807) is 37.3 Å². The first-order chi connectivity index (χ1) is 16.1. The van der Waals surface area contributed by atoms with E-state index in [-0.39, 0.29) is 18.4 Å². The van der Waals surface area contributed by atoms with Crippen LogP contribution in [0.3, 0.4) is 0 Å². The number of aliphatic hydroxyl groups excluding tert-OH is 1. The van der Waals surface area contributed by atoms with Crippen molar-refractivity contribution in [3.05, 3.63) is 30.3 Å². The fourth-order valence-corrected chi connectivity index (χ4v) is 3.22. The maximum absolute atomic E-state index is 13.0. The first-order valence-corrected chi connectivity index (χ1v) is 11.6. The van der Waals surface area contributed by atoms with Gasteiger partial charge in [0.1, 0.15) is 18.1 Å². The summed E-state index contributed by atoms with van der Waals surface area (Å²) in [4.78, 5) is 50.3. The third kappa shape index (κ3) is 10.7. The molecule has 1 rings (SSSR count). The van der Waals surface area contributed by atoms with Crippen molar-refractivity contribution in [3.63, 3.8) is 0 Å². The average molecular weight is 479 g/mol. The quantitative estimate of drug-likeness (QED) is 0.273. The summed E-state index contributed by atoms with van der Waals surface area (Å²) in [6, 6.07) is 4.86. The molecule has 34 heavy (non-hydrogen) atoms. The third-order valence-corrected chi connectivity index (χ3v) is 4.77. The van der Waals surface area contributed by atoms with Crippen molar-refractivity contribution in [2.75, 3.05) is 18.5 Å². The molecule has 0 saturated heterocycles. The number of rotatable bonds is 13. The molecule has 5 N–H and O–H groups in total. The molecule has 0 unspecified atom stereocenters. The number of para-hydroxylation sites is 1. The Morgan fingerprint density at radius 2 is 1.35 bits per heavy atom. The number of benzene rings is 1. The first kappa shape index (κ1) is 28.9. The topological polar surface area (TPSA) is 146 Å². The Kier molecular flexibility index (Phi) is 12.7. The van der Waals surface area contributed by atoms with Gasteiger partial charge in [-0.05, 0) is 43.7 Å². The van der Waals surface area contributed by atoms with Gasteiger partial charge < -0.3 is 31.1 Å². The zero-order valence-electron chi connectivity index (χ0n) is 20.6. The maximum Gasteiger partial charge on any atom is 0.328 e. The number of urea groups is 1. The molecule has 1 aromatic carbocycles. The van der Waals surface area contributed by atoms with Crippen molar-refractivity contribution in [2.45, 2.75) is 65.6 Å². The van der Waals surface area contributed by atoms with Gasteiger partial charge in [-0.2, -0.15) is 0 Å². The highest BCUT2D eigenvalue weighted by Gasteiger charge is 2.30. The van der Waals surface area contributed by atoms with Crippen LogP contribution in [0.5, 0.6) is 0 Å². The lowest BCUT2D eigenvalue weighted by Gasteiger charge is -2.26.